The molecule has 1 aromatic rings. The van der Waals surface area contributed by atoms with Crippen LogP contribution in [0.5, 0.6) is 0 Å². The van der Waals surface area contributed by atoms with E-state index in [-0.39, 0.29) is 0 Å². The Morgan fingerprint density at radius 1 is 1.26 bits per heavy atom. The third-order valence-corrected chi connectivity index (χ3v) is 5.24. The van der Waals surface area contributed by atoms with Crippen LogP contribution in [-0.4, -0.2) is 17.7 Å². The highest BCUT2D eigenvalue weighted by atomic mass is 79.9. The summed E-state index contributed by atoms with van der Waals surface area (Å²) in [7, 11) is 0. The number of halogens is 1. The molecule has 1 N–H and O–H groups in total. The Balaban J connectivity index is 1.98. The van der Waals surface area contributed by atoms with Gasteiger partial charge in [0.2, 0.25) is 0 Å². The maximum Gasteiger partial charge on any atom is 0.0782 e. The molecule has 1 aromatic carbocycles. The summed E-state index contributed by atoms with van der Waals surface area (Å²) in [6.45, 7) is 3.00. The Bertz CT molecular complexity index is 460. The van der Waals surface area contributed by atoms with E-state index in [2.05, 4.69) is 33.0 Å². The van der Waals surface area contributed by atoms with Gasteiger partial charge in [0, 0.05) is 28.3 Å². The molecule has 1 aliphatic carbocycles. The molecule has 3 rings (SSSR count). The summed E-state index contributed by atoms with van der Waals surface area (Å²) in [5, 5.41) is 10.0. The molecule has 1 aliphatic heterocycles. The van der Waals surface area contributed by atoms with Gasteiger partial charge >= 0.3 is 0 Å². The molecule has 2 nitrogen and oxygen atoms in total. The standard InChI is InChI=1S/C16H22BrNO/c1-11(19)14-8-7-13(17)10-16(14)18-9-3-5-12-4-2-6-15(12)18/h7-8,10-12,15,19H,2-6,9H2,1H3. The van der Waals surface area contributed by atoms with Gasteiger partial charge in [0.1, 0.15) is 0 Å². The van der Waals surface area contributed by atoms with Crippen molar-refractivity contribution < 1.29 is 5.11 Å². The van der Waals surface area contributed by atoms with Crippen LogP contribution in [0.15, 0.2) is 22.7 Å². The van der Waals surface area contributed by atoms with E-state index < -0.39 is 6.10 Å². The van der Waals surface area contributed by atoms with Gasteiger partial charge in [-0.05, 0) is 50.7 Å². The summed E-state index contributed by atoms with van der Waals surface area (Å²) in [4.78, 5) is 2.56. The van der Waals surface area contributed by atoms with Crippen LogP contribution in [0.4, 0.5) is 5.69 Å². The van der Waals surface area contributed by atoms with Gasteiger partial charge in [-0.2, -0.15) is 0 Å². The van der Waals surface area contributed by atoms with E-state index in [4.69, 9.17) is 0 Å². The lowest BCUT2D eigenvalue weighted by Gasteiger charge is -2.41. The number of fused-ring (bicyclic) bond motifs is 1. The maximum absolute atomic E-state index is 10.0. The minimum Gasteiger partial charge on any atom is -0.389 e. The fourth-order valence-electron chi connectivity index (χ4n) is 3.87. The number of hydrogen-bond acceptors (Lipinski definition) is 2. The molecular weight excluding hydrogens is 302 g/mol. The van der Waals surface area contributed by atoms with Crippen LogP contribution in [0.1, 0.15) is 50.7 Å². The van der Waals surface area contributed by atoms with Gasteiger partial charge in [0.15, 0.2) is 0 Å². The van der Waals surface area contributed by atoms with Crippen molar-refractivity contribution in [3.8, 4) is 0 Å². The van der Waals surface area contributed by atoms with Crippen LogP contribution in [0.2, 0.25) is 0 Å². The zero-order valence-corrected chi connectivity index (χ0v) is 13.1. The van der Waals surface area contributed by atoms with Crippen molar-refractivity contribution in [1.82, 2.24) is 0 Å². The van der Waals surface area contributed by atoms with Gasteiger partial charge in [-0.3, -0.25) is 0 Å². The Kier molecular flexibility index (Phi) is 3.86. The number of anilines is 1. The van der Waals surface area contributed by atoms with Crippen molar-refractivity contribution in [3.63, 3.8) is 0 Å². The first-order chi connectivity index (χ1) is 9.16. The van der Waals surface area contributed by atoms with Crippen molar-refractivity contribution in [2.24, 2.45) is 5.92 Å². The first kappa shape index (κ1) is 13.4. The average Bonchev–Trinajstić information content (AvgIpc) is 2.86. The molecule has 0 amide bonds. The molecule has 2 aliphatic rings. The minimum atomic E-state index is -0.398. The SMILES string of the molecule is CC(O)c1ccc(Br)cc1N1CCCC2CCCC21. The zero-order valence-electron chi connectivity index (χ0n) is 11.5. The first-order valence-electron chi connectivity index (χ1n) is 7.41. The molecule has 3 unspecified atom stereocenters. The molecule has 2 fully saturated rings. The van der Waals surface area contributed by atoms with Crippen molar-refractivity contribution >= 4 is 21.6 Å². The van der Waals surface area contributed by atoms with Gasteiger partial charge < -0.3 is 10.0 Å². The molecule has 19 heavy (non-hydrogen) atoms. The normalized spacial score (nSPS) is 28.3. The Morgan fingerprint density at radius 2 is 2.05 bits per heavy atom. The Labute approximate surface area is 123 Å². The van der Waals surface area contributed by atoms with Crippen LogP contribution < -0.4 is 4.90 Å². The highest BCUT2D eigenvalue weighted by Gasteiger charge is 2.36. The van der Waals surface area contributed by atoms with Gasteiger partial charge in [0.05, 0.1) is 6.10 Å². The third-order valence-electron chi connectivity index (χ3n) is 4.75. The molecule has 0 aromatic heterocycles. The topological polar surface area (TPSA) is 23.5 Å². The molecule has 3 atom stereocenters. The van der Waals surface area contributed by atoms with Gasteiger partial charge in [-0.15, -0.1) is 0 Å². The van der Waals surface area contributed by atoms with Crippen LogP contribution in [-0.2, 0) is 0 Å². The molecule has 0 spiro atoms. The molecule has 104 valence electrons. The zero-order chi connectivity index (χ0) is 13.4. The molecule has 1 heterocycles. The van der Waals surface area contributed by atoms with Crippen molar-refractivity contribution in [2.75, 3.05) is 11.4 Å². The third kappa shape index (κ3) is 2.55. The fraction of sp³-hybridized carbons (Fsp3) is 0.625. The highest BCUT2D eigenvalue weighted by molar-refractivity contribution is 9.10. The molecule has 0 bridgehead atoms. The Hall–Kier alpha value is -0.540. The lowest BCUT2D eigenvalue weighted by molar-refractivity contribution is 0.199. The lowest BCUT2D eigenvalue weighted by atomic mass is 9.90. The van der Waals surface area contributed by atoms with Crippen LogP contribution >= 0.6 is 15.9 Å². The van der Waals surface area contributed by atoms with Crippen molar-refractivity contribution in [3.05, 3.63) is 28.2 Å². The van der Waals surface area contributed by atoms with Crippen LogP contribution in [0, 0.1) is 5.92 Å². The number of hydrogen-bond donors (Lipinski definition) is 1. The second-order valence-electron chi connectivity index (χ2n) is 5.97. The monoisotopic (exact) mass is 323 g/mol. The number of nitrogens with zero attached hydrogens (tertiary/aromatic N) is 1. The van der Waals surface area contributed by atoms with E-state index in [1.165, 1.54) is 37.8 Å². The molecular formula is C16H22BrNO. The van der Waals surface area contributed by atoms with Gasteiger partial charge in [0.25, 0.3) is 0 Å². The van der Waals surface area contributed by atoms with Gasteiger partial charge in [-0.25, -0.2) is 0 Å². The van der Waals surface area contributed by atoms with Crippen molar-refractivity contribution in [2.45, 2.75) is 51.2 Å². The van der Waals surface area contributed by atoms with Crippen LogP contribution in [0.3, 0.4) is 0 Å². The largest absolute Gasteiger partial charge is 0.389 e. The van der Waals surface area contributed by atoms with E-state index in [1.54, 1.807) is 0 Å². The molecule has 1 saturated heterocycles. The highest BCUT2D eigenvalue weighted by Crippen LogP contribution is 2.41. The molecule has 1 saturated carbocycles. The summed E-state index contributed by atoms with van der Waals surface area (Å²) in [5.41, 5.74) is 2.30. The first-order valence-corrected chi connectivity index (χ1v) is 8.20. The summed E-state index contributed by atoms with van der Waals surface area (Å²) in [6, 6.07) is 6.97. The summed E-state index contributed by atoms with van der Waals surface area (Å²) in [6.07, 6.45) is 6.34. The number of aliphatic hydroxyl groups excluding tert-OH is 1. The minimum absolute atomic E-state index is 0.398. The summed E-state index contributed by atoms with van der Waals surface area (Å²) >= 11 is 3.58. The van der Waals surface area contributed by atoms with Crippen LogP contribution in [0.25, 0.3) is 0 Å². The predicted octanol–water partition coefficient (Wildman–Crippen LogP) is 4.27. The second kappa shape index (κ2) is 5.45. The number of benzene rings is 1. The fourth-order valence-corrected chi connectivity index (χ4v) is 4.22. The summed E-state index contributed by atoms with van der Waals surface area (Å²) in [5.74, 6) is 0.870. The predicted molar refractivity (Wildman–Crippen MR) is 82.5 cm³/mol. The molecule has 0 radical (unpaired) electrons. The lowest BCUT2D eigenvalue weighted by Crippen LogP contribution is -2.43. The number of rotatable bonds is 2. The van der Waals surface area contributed by atoms with E-state index in [1.807, 2.05) is 13.0 Å². The van der Waals surface area contributed by atoms with Crippen molar-refractivity contribution in [1.29, 1.82) is 0 Å². The van der Waals surface area contributed by atoms with Gasteiger partial charge in [-0.1, -0.05) is 28.4 Å². The van der Waals surface area contributed by atoms with E-state index >= 15 is 0 Å². The quantitative estimate of drug-likeness (QED) is 0.878. The number of piperidine rings is 1. The Morgan fingerprint density at radius 3 is 2.84 bits per heavy atom. The second-order valence-corrected chi connectivity index (χ2v) is 6.89. The average molecular weight is 324 g/mol. The maximum atomic E-state index is 10.0. The van der Waals surface area contributed by atoms with E-state index in [9.17, 15) is 5.11 Å². The van der Waals surface area contributed by atoms with E-state index in [0.29, 0.717) is 6.04 Å². The number of aliphatic hydroxyl groups is 1. The smallest absolute Gasteiger partial charge is 0.0782 e. The molecule has 3 heteroatoms. The summed E-state index contributed by atoms with van der Waals surface area (Å²) < 4.78 is 1.10. The van der Waals surface area contributed by atoms with E-state index in [0.717, 1.165) is 22.5 Å².